The van der Waals surface area contributed by atoms with Gasteiger partial charge in [0.1, 0.15) is 0 Å². The Bertz CT molecular complexity index is 632. The fraction of sp³-hybridized carbons (Fsp3) is 0.706. The minimum Gasteiger partial charge on any atom is -0.481 e. The van der Waals surface area contributed by atoms with Gasteiger partial charge in [-0.2, -0.15) is 5.10 Å². The highest BCUT2D eigenvalue weighted by molar-refractivity contribution is 5.77. The number of nitrogens with one attached hydrogen (secondary N) is 1. The number of hydrogen-bond donors (Lipinski definition) is 2. The molecule has 2 saturated heterocycles. The van der Waals surface area contributed by atoms with E-state index in [2.05, 4.69) is 15.3 Å². The Kier molecular flexibility index (Phi) is 5.15. The lowest BCUT2D eigenvalue weighted by Gasteiger charge is -2.38. The molecule has 138 valence electrons. The summed E-state index contributed by atoms with van der Waals surface area (Å²) in [5, 5.41) is 16.6. The molecule has 0 bridgehead atoms. The van der Waals surface area contributed by atoms with Crippen LogP contribution in [0.25, 0.3) is 0 Å². The van der Waals surface area contributed by atoms with E-state index in [0.717, 1.165) is 31.6 Å². The van der Waals surface area contributed by atoms with Crippen LogP contribution in [0.2, 0.25) is 0 Å². The lowest BCUT2D eigenvalue weighted by molar-refractivity contribution is -0.143. The van der Waals surface area contributed by atoms with Crippen molar-refractivity contribution in [1.82, 2.24) is 20.0 Å². The van der Waals surface area contributed by atoms with E-state index in [1.54, 1.807) is 9.58 Å². The van der Waals surface area contributed by atoms with Crippen LogP contribution in [-0.2, 0) is 11.8 Å². The monoisotopic (exact) mass is 349 g/mol. The molecule has 2 N–H and O–H groups in total. The molecule has 3 unspecified atom stereocenters. The van der Waals surface area contributed by atoms with Gasteiger partial charge in [-0.05, 0) is 25.2 Å². The normalized spacial score (nSPS) is 27.2. The SMILES string of the molecule is CC1CC(C(=O)O)CN(C(=O)NC2CCCN(c3cnn(C)c3)C2)C1. The maximum atomic E-state index is 12.6. The maximum Gasteiger partial charge on any atom is 0.317 e. The van der Waals surface area contributed by atoms with Crippen LogP contribution < -0.4 is 10.2 Å². The van der Waals surface area contributed by atoms with Crippen LogP contribution in [-0.4, -0.2) is 64.0 Å². The van der Waals surface area contributed by atoms with Crippen molar-refractivity contribution in [2.24, 2.45) is 18.9 Å². The smallest absolute Gasteiger partial charge is 0.317 e. The Morgan fingerprint density at radius 3 is 2.80 bits per heavy atom. The summed E-state index contributed by atoms with van der Waals surface area (Å²) in [6.07, 6.45) is 6.40. The number of likely N-dealkylation sites (tertiary alicyclic amines) is 1. The average Bonchev–Trinajstić information content (AvgIpc) is 3.01. The highest BCUT2D eigenvalue weighted by Crippen LogP contribution is 2.23. The van der Waals surface area contributed by atoms with Crippen molar-refractivity contribution in [3.8, 4) is 0 Å². The van der Waals surface area contributed by atoms with Crippen molar-refractivity contribution < 1.29 is 14.7 Å². The van der Waals surface area contributed by atoms with Gasteiger partial charge in [-0.1, -0.05) is 6.92 Å². The number of piperidine rings is 2. The lowest BCUT2D eigenvalue weighted by Crippen LogP contribution is -2.55. The van der Waals surface area contributed by atoms with Crippen LogP contribution in [0.3, 0.4) is 0 Å². The molecule has 2 aliphatic rings. The quantitative estimate of drug-likeness (QED) is 0.854. The Morgan fingerprint density at radius 2 is 2.12 bits per heavy atom. The van der Waals surface area contributed by atoms with Gasteiger partial charge >= 0.3 is 12.0 Å². The number of nitrogens with zero attached hydrogens (tertiary/aromatic N) is 4. The third kappa shape index (κ3) is 4.24. The van der Waals surface area contributed by atoms with Gasteiger partial charge in [-0.15, -0.1) is 0 Å². The van der Waals surface area contributed by atoms with Crippen LogP contribution >= 0.6 is 0 Å². The summed E-state index contributed by atoms with van der Waals surface area (Å²) >= 11 is 0. The molecule has 3 atom stereocenters. The van der Waals surface area contributed by atoms with Gasteiger partial charge < -0.3 is 20.2 Å². The van der Waals surface area contributed by atoms with Crippen molar-refractivity contribution >= 4 is 17.7 Å². The zero-order valence-electron chi connectivity index (χ0n) is 14.9. The first kappa shape index (κ1) is 17.6. The third-order valence-electron chi connectivity index (χ3n) is 5.10. The fourth-order valence-corrected chi connectivity index (χ4v) is 3.86. The number of amides is 2. The summed E-state index contributed by atoms with van der Waals surface area (Å²) < 4.78 is 1.78. The molecule has 25 heavy (non-hydrogen) atoms. The van der Waals surface area contributed by atoms with Gasteiger partial charge in [0.2, 0.25) is 0 Å². The minimum atomic E-state index is -0.815. The van der Waals surface area contributed by atoms with E-state index in [1.807, 2.05) is 26.4 Å². The largest absolute Gasteiger partial charge is 0.481 e. The van der Waals surface area contributed by atoms with E-state index in [0.29, 0.717) is 19.5 Å². The zero-order chi connectivity index (χ0) is 18.0. The molecule has 0 radical (unpaired) electrons. The average molecular weight is 349 g/mol. The van der Waals surface area contributed by atoms with Crippen LogP contribution in [0.15, 0.2) is 12.4 Å². The van der Waals surface area contributed by atoms with Crippen LogP contribution in [0.4, 0.5) is 10.5 Å². The van der Waals surface area contributed by atoms with E-state index in [-0.39, 0.29) is 18.0 Å². The Balaban J connectivity index is 1.57. The molecule has 1 aromatic rings. The number of rotatable bonds is 3. The predicted octanol–water partition coefficient (Wildman–Crippen LogP) is 1.14. The van der Waals surface area contributed by atoms with Crippen molar-refractivity contribution in [1.29, 1.82) is 0 Å². The number of carbonyl (C=O) groups excluding carboxylic acids is 1. The highest BCUT2D eigenvalue weighted by atomic mass is 16.4. The van der Waals surface area contributed by atoms with Crippen molar-refractivity contribution in [3.05, 3.63) is 12.4 Å². The Morgan fingerprint density at radius 1 is 1.32 bits per heavy atom. The first-order valence-corrected chi connectivity index (χ1v) is 8.94. The second kappa shape index (κ2) is 7.33. The molecule has 3 rings (SSSR count). The summed E-state index contributed by atoms with van der Waals surface area (Å²) in [5.41, 5.74) is 1.07. The summed E-state index contributed by atoms with van der Waals surface area (Å²) in [5.74, 6) is -1.07. The molecular formula is C17H27N5O3. The number of aromatic nitrogens is 2. The van der Waals surface area contributed by atoms with Gasteiger partial charge in [0.05, 0.1) is 17.8 Å². The van der Waals surface area contributed by atoms with Crippen molar-refractivity contribution in [2.45, 2.75) is 32.2 Å². The minimum absolute atomic E-state index is 0.0713. The van der Waals surface area contributed by atoms with E-state index < -0.39 is 11.9 Å². The third-order valence-corrected chi connectivity index (χ3v) is 5.10. The number of carboxylic acids is 1. The van der Waals surface area contributed by atoms with E-state index in [9.17, 15) is 14.7 Å². The molecule has 0 aliphatic carbocycles. The lowest BCUT2D eigenvalue weighted by atomic mass is 9.91. The molecule has 1 aromatic heterocycles. The highest BCUT2D eigenvalue weighted by Gasteiger charge is 2.33. The standard InChI is InChI=1S/C17H27N5O3/c1-12-6-13(16(23)24)9-22(8-12)17(25)19-14-4-3-5-21(10-14)15-7-18-20(2)11-15/h7,11-14H,3-6,8-10H2,1-2H3,(H,19,25)(H,23,24). The summed E-state index contributed by atoms with van der Waals surface area (Å²) in [6, 6.07) is -0.0715. The predicted molar refractivity (Wildman–Crippen MR) is 93.5 cm³/mol. The molecule has 0 aromatic carbocycles. The molecule has 2 amide bonds. The number of aliphatic carboxylic acids is 1. The Labute approximate surface area is 147 Å². The maximum absolute atomic E-state index is 12.6. The van der Waals surface area contributed by atoms with Gasteiger partial charge in [-0.3, -0.25) is 9.48 Å². The molecular weight excluding hydrogens is 322 g/mol. The summed E-state index contributed by atoms with van der Waals surface area (Å²) in [6.45, 7) is 4.63. The molecule has 2 aliphatic heterocycles. The first-order chi connectivity index (χ1) is 11.9. The van der Waals surface area contributed by atoms with Gasteiger partial charge in [0.25, 0.3) is 0 Å². The topological polar surface area (TPSA) is 90.7 Å². The number of urea groups is 1. The molecule has 0 saturated carbocycles. The van der Waals surface area contributed by atoms with Gasteiger partial charge in [-0.25, -0.2) is 4.79 Å². The molecule has 2 fully saturated rings. The number of aryl methyl sites for hydroxylation is 1. The number of hydrogen-bond acceptors (Lipinski definition) is 4. The van der Waals surface area contributed by atoms with Gasteiger partial charge in [0.15, 0.2) is 0 Å². The van der Waals surface area contributed by atoms with E-state index in [1.165, 1.54) is 0 Å². The van der Waals surface area contributed by atoms with E-state index in [4.69, 9.17) is 0 Å². The molecule has 3 heterocycles. The number of carboxylic acid groups (broad SMARTS) is 1. The molecule has 0 spiro atoms. The first-order valence-electron chi connectivity index (χ1n) is 8.94. The number of anilines is 1. The van der Waals surface area contributed by atoms with Crippen molar-refractivity contribution in [3.63, 3.8) is 0 Å². The summed E-state index contributed by atoms with van der Waals surface area (Å²) in [7, 11) is 1.89. The van der Waals surface area contributed by atoms with Crippen molar-refractivity contribution in [2.75, 3.05) is 31.1 Å². The zero-order valence-corrected chi connectivity index (χ0v) is 14.9. The van der Waals surface area contributed by atoms with Crippen LogP contribution in [0.5, 0.6) is 0 Å². The van der Waals surface area contributed by atoms with Crippen LogP contribution in [0, 0.1) is 11.8 Å². The van der Waals surface area contributed by atoms with Gasteiger partial charge in [0, 0.05) is 45.5 Å². The van der Waals surface area contributed by atoms with E-state index >= 15 is 0 Å². The second-order valence-corrected chi connectivity index (χ2v) is 7.39. The van der Waals surface area contributed by atoms with Crippen LogP contribution in [0.1, 0.15) is 26.2 Å². The Hall–Kier alpha value is -2.25. The summed E-state index contributed by atoms with van der Waals surface area (Å²) in [4.78, 5) is 27.8. The molecule has 8 nitrogen and oxygen atoms in total. The molecule has 8 heteroatoms. The number of carbonyl (C=O) groups is 2. The second-order valence-electron chi connectivity index (χ2n) is 7.39. The fourth-order valence-electron chi connectivity index (χ4n) is 3.86.